The molecule has 44 heavy (non-hydrogen) atoms. The highest BCUT2D eigenvalue weighted by atomic mass is 35.5. The molecule has 0 spiro atoms. The van der Waals surface area contributed by atoms with Crippen LogP contribution in [0.3, 0.4) is 0 Å². The van der Waals surface area contributed by atoms with Gasteiger partial charge in [-0.2, -0.15) is 0 Å². The lowest BCUT2D eigenvalue weighted by Gasteiger charge is -2.34. The summed E-state index contributed by atoms with van der Waals surface area (Å²) in [7, 11) is -4.19. The first-order valence-electron chi connectivity index (χ1n) is 14.2. The maximum atomic E-state index is 14.5. The van der Waals surface area contributed by atoms with Crippen LogP contribution in [0.25, 0.3) is 0 Å². The molecule has 4 aromatic rings. The monoisotopic (exact) mass is 651 g/mol. The van der Waals surface area contributed by atoms with E-state index < -0.39 is 28.5 Å². The van der Waals surface area contributed by atoms with Crippen molar-refractivity contribution in [2.45, 2.75) is 44.7 Å². The van der Waals surface area contributed by atoms with Crippen LogP contribution in [0, 0.1) is 13.8 Å². The van der Waals surface area contributed by atoms with Gasteiger partial charge >= 0.3 is 0 Å². The maximum absolute atomic E-state index is 14.5. The summed E-state index contributed by atoms with van der Waals surface area (Å²) < 4.78 is 29.3. The summed E-state index contributed by atoms with van der Waals surface area (Å²) in [4.78, 5) is 29.5. The zero-order valence-corrected chi connectivity index (χ0v) is 27.2. The van der Waals surface area contributed by atoms with Gasteiger partial charge in [0.25, 0.3) is 10.0 Å². The molecule has 4 rings (SSSR count). The van der Waals surface area contributed by atoms with E-state index in [-0.39, 0.29) is 23.8 Å². The lowest BCUT2D eigenvalue weighted by Crippen LogP contribution is -2.53. The van der Waals surface area contributed by atoms with Gasteiger partial charge in [0.15, 0.2) is 0 Å². The van der Waals surface area contributed by atoms with Crippen molar-refractivity contribution in [1.29, 1.82) is 0 Å². The number of benzene rings is 4. The molecule has 2 amide bonds. The summed E-state index contributed by atoms with van der Waals surface area (Å²) in [5.74, 6) is -0.969. The molecule has 4 aromatic carbocycles. The van der Waals surface area contributed by atoms with Crippen molar-refractivity contribution in [2.75, 3.05) is 17.4 Å². The number of hydrogen-bond donors (Lipinski definition) is 1. The highest BCUT2D eigenvalue weighted by Crippen LogP contribution is 2.29. The second-order valence-corrected chi connectivity index (χ2v) is 13.2. The quantitative estimate of drug-likeness (QED) is 0.187. The van der Waals surface area contributed by atoms with Gasteiger partial charge in [-0.3, -0.25) is 13.9 Å². The molecule has 0 fully saturated rings. The molecule has 0 radical (unpaired) electrons. The van der Waals surface area contributed by atoms with Crippen molar-refractivity contribution in [3.8, 4) is 0 Å². The Hall–Kier alpha value is -3.85. The minimum atomic E-state index is -4.19. The average molecular weight is 653 g/mol. The standard InChI is InChI=1S/C34H35Cl2N3O4S/c1-4-37-34(41)32(21-26-12-7-5-8-13-26)38(22-29-30(35)16-11-17-31(29)36)33(40)23-39(27-19-24(2)18-25(3)20-27)44(42,43)28-14-9-6-10-15-28/h5-20,32H,4,21-23H2,1-3H3,(H,37,41)/t32-/m0/s1. The van der Waals surface area contributed by atoms with Gasteiger partial charge in [0.1, 0.15) is 12.6 Å². The zero-order valence-electron chi connectivity index (χ0n) is 24.8. The van der Waals surface area contributed by atoms with E-state index in [1.807, 2.05) is 50.2 Å². The van der Waals surface area contributed by atoms with Crippen LogP contribution in [0.5, 0.6) is 0 Å². The first-order chi connectivity index (χ1) is 21.0. The van der Waals surface area contributed by atoms with Crippen LogP contribution >= 0.6 is 23.2 Å². The Labute approximate surface area is 269 Å². The molecular weight excluding hydrogens is 617 g/mol. The van der Waals surface area contributed by atoms with Crippen LogP contribution in [0.15, 0.2) is 102 Å². The number of carbonyl (C=O) groups excluding carboxylic acids is 2. The number of halogens is 2. The first-order valence-corrected chi connectivity index (χ1v) is 16.4. The number of amides is 2. The lowest BCUT2D eigenvalue weighted by atomic mass is 10.0. The fourth-order valence-electron chi connectivity index (χ4n) is 5.04. The molecule has 0 aromatic heterocycles. The number of nitrogens with one attached hydrogen (secondary N) is 1. The fraction of sp³-hybridized carbons (Fsp3) is 0.235. The largest absolute Gasteiger partial charge is 0.355 e. The molecule has 10 heteroatoms. The zero-order chi connectivity index (χ0) is 31.9. The van der Waals surface area contributed by atoms with Gasteiger partial charge in [-0.15, -0.1) is 0 Å². The Morgan fingerprint density at radius 1 is 0.818 bits per heavy atom. The number of sulfonamides is 1. The van der Waals surface area contributed by atoms with E-state index in [1.54, 1.807) is 55.5 Å². The van der Waals surface area contributed by atoms with Crippen molar-refractivity contribution < 1.29 is 18.0 Å². The molecule has 7 nitrogen and oxygen atoms in total. The second-order valence-electron chi connectivity index (χ2n) is 10.5. The summed E-state index contributed by atoms with van der Waals surface area (Å²) in [6.07, 6.45) is 0.190. The highest BCUT2D eigenvalue weighted by molar-refractivity contribution is 7.92. The summed E-state index contributed by atoms with van der Waals surface area (Å²) in [5, 5.41) is 3.49. The Kier molecular flexibility index (Phi) is 11.1. The van der Waals surface area contributed by atoms with Crippen molar-refractivity contribution in [3.63, 3.8) is 0 Å². The molecule has 230 valence electrons. The lowest BCUT2D eigenvalue weighted by molar-refractivity contribution is -0.140. The number of rotatable bonds is 12. The molecule has 0 aliphatic rings. The predicted molar refractivity (Wildman–Crippen MR) is 177 cm³/mol. The third-order valence-corrected chi connectivity index (χ3v) is 9.61. The summed E-state index contributed by atoms with van der Waals surface area (Å²) in [6.45, 7) is 5.19. The van der Waals surface area contributed by atoms with Crippen LogP contribution in [-0.4, -0.2) is 44.3 Å². The molecule has 1 N–H and O–H groups in total. The normalized spacial score (nSPS) is 11.9. The van der Waals surface area contributed by atoms with Crippen molar-refractivity contribution in [2.24, 2.45) is 0 Å². The van der Waals surface area contributed by atoms with E-state index in [0.29, 0.717) is 27.8 Å². The Morgan fingerprint density at radius 2 is 1.39 bits per heavy atom. The Morgan fingerprint density at radius 3 is 1.95 bits per heavy atom. The van der Waals surface area contributed by atoms with Gasteiger partial charge in [0.2, 0.25) is 11.8 Å². The van der Waals surface area contributed by atoms with E-state index in [1.165, 1.54) is 17.0 Å². The average Bonchev–Trinajstić information content (AvgIpc) is 2.99. The number of aryl methyl sites for hydroxylation is 2. The SMILES string of the molecule is CCNC(=O)[C@H](Cc1ccccc1)N(Cc1c(Cl)cccc1Cl)C(=O)CN(c1cc(C)cc(C)c1)S(=O)(=O)c1ccccc1. The Balaban J connectivity index is 1.85. The van der Waals surface area contributed by atoms with E-state index in [4.69, 9.17) is 23.2 Å². The number of hydrogen-bond acceptors (Lipinski definition) is 4. The van der Waals surface area contributed by atoms with Gasteiger partial charge in [-0.1, -0.05) is 83.9 Å². The molecule has 0 bridgehead atoms. The van der Waals surface area contributed by atoms with Gasteiger partial charge in [-0.25, -0.2) is 8.42 Å². The number of nitrogens with zero attached hydrogens (tertiary/aromatic N) is 2. The number of likely N-dealkylation sites (N-methyl/N-ethyl adjacent to an activating group) is 1. The van der Waals surface area contributed by atoms with E-state index in [2.05, 4.69) is 5.32 Å². The van der Waals surface area contributed by atoms with Crippen LogP contribution in [0.2, 0.25) is 10.0 Å². The van der Waals surface area contributed by atoms with Gasteiger partial charge in [0, 0.05) is 35.1 Å². The first kappa shape index (κ1) is 33.1. The second kappa shape index (κ2) is 14.8. The molecule has 0 aliphatic heterocycles. The summed E-state index contributed by atoms with van der Waals surface area (Å²) >= 11 is 13.1. The molecule has 1 atom stereocenters. The molecule has 0 saturated carbocycles. The van der Waals surface area contributed by atoms with Crippen molar-refractivity contribution in [3.05, 3.63) is 129 Å². The van der Waals surface area contributed by atoms with Gasteiger partial charge in [-0.05, 0) is 73.9 Å². The summed E-state index contributed by atoms with van der Waals surface area (Å²) in [5.41, 5.74) is 3.30. The van der Waals surface area contributed by atoms with Crippen LogP contribution in [-0.2, 0) is 32.6 Å². The van der Waals surface area contributed by atoms with E-state index >= 15 is 0 Å². The molecule has 0 heterocycles. The fourth-order valence-corrected chi connectivity index (χ4v) is 6.98. The topological polar surface area (TPSA) is 86.8 Å². The van der Waals surface area contributed by atoms with Crippen molar-refractivity contribution in [1.82, 2.24) is 10.2 Å². The van der Waals surface area contributed by atoms with Gasteiger partial charge < -0.3 is 10.2 Å². The number of anilines is 1. The predicted octanol–water partition coefficient (Wildman–Crippen LogP) is 6.58. The van der Waals surface area contributed by atoms with Crippen LogP contribution < -0.4 is 9.62 Å². The molecule has 0 aliphatic carbocycles. The third kappa shape index (κ3) is 8.00. The van der Waals surface area contributed by atoms with E-state index in [0.717, 1.165) is 21.0 Å². The maximum Gasteiger partial charge on any atom is 0.264 e. The van der Waals surface area contributed by atoms with Crippen LogP contribution in [0.1, 0.15) is 29.2 Å². The summed E-state index contributed by atoms with van der Waals surface area (Å²) in [6, 6.07) is 26.7. The molecule has 0 unspecified atom stereocenters. The van der Waals surface area contributed by atoms with Gasteiger partial charge in [0.05, 0.1) is 10.6 Å². The third-order valence-electron chi connectivity index (χ3n) is 7.12. The van der Waals surface area contributed by atoms with Crippen LogP contribution in [0.4, 0.5) is 5.69 Å². The molecule has 0 saturated heterocycles. The number of carbonyl (C=O) groups is 2. The minimum absolute atomic E-state index is 0.0391. The highest BCUT2D eigenvalue weighted by Gasteiger charge is 2.35. The Bertz CT molecular complexity index is 1680. The van der Waals surface area contributed by atoms with Crippen molar-refractivity contribution >= 4 is 50.7 Å². The molecular formula is C34H35Cl2N3O4S. The minimum Gasteiger partial charge on any atom is -0.355 e. The van der Waals surface area contributed by atoms with E-state index in [9.17, 15) is 18.0 Å². The smallest absolute Gasteiger partial charge is 0.264 e.